The SMILES string of the molecule is CCOc1ccc(C(=O)N[C@@H]2CCCC[C@H]2O)cc1N. The Morgan fingerprint density at radius 1 is 1.45 bits per heavy atom. The highest BCUT2D eigenvalue weighted by molar-refractivity contribution is 5.95. The minimum absolute atomic E-state index is 0.163. The summed E-state index contributed by atoms with van der Waals surface area (Å²) in [6.07, 6.45) is 3.17. The highest BCUT2D eigenvalue weighted by atomic mass is 16.5. The van der Waals surface area contributed by atoms with Crippen LogP contribution in [0.25, 0.3) is 0 Å². The minimum atomic E-state index is -0.451. The summed E-state index contributed by atoms with van der Waals surface area (Å²) in [7, 11) is 0. The number of nitrogens with one attached hydrogen (secondary N) is 1. The van der Waals surface area contributed by atoms with Crippen LogP contribution >= 0.6 is 0 Å². The number of rotatable bonds is 4. The van der Waals surface area contributed by atoms with E-state index in [1.807, 2.05) is 6.92 Å². The first-order valence-corrected chi connectivity index (χ1v) is 7.13. The Morgan fingerprint density at radius 2 is 2.20 bits per heavy atom. The molecule has 0 radical (unpaired) electrons. The Labute approximate surface area is 119 Å². The van der Waals surface area contributed by atoms with Crippen molar-refractivity contribution in [2.45, 2.75) is 44.8 Å². The van der Waals surface area contributed by atoms with E-state index in [1.165, 1.54) is 0 Å². The third-order valence-corrected chi connectivity index (χ3v) is 3.62. The third-order valence-electron chi connectivity index (χ3n) is 3.62. The zero-order valence-corrected chi connectivity index (χ0v) is 11.8. The molecule has 1 aromatic rings. The van der Waals surface area contributed by atoms with E-state index >= 15 is 0 Å². The van der Waals surface area contributed by atoms with Crippen LogP contribution in [0.2, 0.25) is 0 Å². The number of ether oxygens (including phenoxy) is 1. The second-order valence-corrected chi connectivity index (χ2v) is 5.12. The van der Waals surface area contributed by atoms with Gasteiger partial charge in [0.25, 0.3) is 5.91 Å². The number of nitrogens with two attached hydrogens (primary N) is 1. The Hall–Kier alpha value is -1.75. The van der Waals surface area contributed by atoms with E-state index in [9.17, 15) is 9.90 Å². The summed E-state index contributed by atoms with van der Waals surface area (Å²) in [5.41, 5.74) is 6.79. The van der Waals surface area contributed by atoms with Gasteiger partial charge < -0.3 is 20.9 Å². The molecular weight excluding hydrogens is 256 g/mol. The van der Waals surface area contributed by atoms with Gasteiger partial charge in [0, 0.05) is 5.56 Å². The number of carbonyl (C=O) groups excluding carboxylic acids is 1. The average molecular weight is 278 g/mol. The number of nitrogen functional groups attached to an aromatic ring is 1. The van der Waals surface area contributed by atoms with Crippen LogP contribution in [0, 0.1) is 0 Å². The van der Waals surface area contributed by atoms with Gasteiger partial charge in [-0.05, 0) is 38.0 Å². The molecule has 0 spiro atoms. The summed E-state index contributed by atoms with van der Waals surface area (Å²) in [5.74, 6) is 0.382. The Bertz CT molecular complexity index is 476. The number of benzene rings is 1. The van der Waals surface area contributed by atoms with Crippen LogP contribution in [0.3, 0.4) is 0 Å². The van der Waals surface area contributed by atoms with Gasteiger partial charge in [-0.15, -0.1) is 0 Å². The number of aliphatic hydroxyl groups is 1. The molecule has 2 rings (SSSR count). The Balaban J connectivity index is 2.03. The fourth-order valence-corrected chi connectivity index (χ4v) is 2.51. The van der Waals surface area contributed by atoms with Gasteiger partial charge in [0.15, 0.2) is 0 Å². The molecule has 0 unspecified atom stereocenters. The first kappa shape index (κ1) is 14.7. The maximum atomic E-state index is 12.2. The van der Waals surface area contributed by atoms with Gasteiger partial charge in [0.05, 0.1) is 24.4 Å². The van der Waals surface area contributed by atoms with Crippen molar-refractivity contribution in [1.29, 1.82) is 0 Å². The quantitative estimate of drug-likeness (QED) is 0.732. The lowest BCUT2D eigenvalue weighted by Crippen LogP contribution is -2.45. The predicted molar refractivity (Wildman–Crippen MR) is 77.8 cm³/mol. The molecule has 0 aliphatic heterocycles. The smallest absolute Gasteiger partial charge is 0.251 e. The molecule has 0 heterocycles. The standard InChI is InChI=1S/C15H22N2O3/c1-2-20-14-8-7-10(9-11(14)16)15(19)17-12-5-3-4-6-13(12)18/h7-9,12-13,18H,2-6,16H2,1H3,(H,17,19)/t12-,13-/m1/s1. The number of anilines is 1. The highest BCUT2D eigenvalue weighted by Crippen LogP contribution is 2.23. The number of aliphatic hydroxyl groups excluding tert-OH is 1. The van der Waals surface area contributed by atoms with Crippen molar-refractivity contribution in [2.24, 2.45) is 0 Å². The fourth-order valence-electron chi connectivity index (χ4n) is 2.51. The summed E-state index contributed by atoms with van der Waals surface area (Å²) < 4.78 is 5.34. The van der Waals surface area contributed by atoms with Gasteiger partial charge in [-0.25, -0.2) is 0 Å². The van der Waals surface area contributed by atoms with Crippen molar-refractivity contribution in [3.63, 3.8) is 0 Å². The van der Waals surface area contributed by atoms with Crippen LogP contribution in [0.5, 0.6) is 5.75 Å². The Kier molecular flexibility index (Phi) is 4.84. The molecular formula is C15H22N2O3. The molecule has 5 nitrogen and oxygen atoms in total. The molecule has 1 aliphatic rings. The van der Waals surface area contributed by atoms with E-state index in [0.29, 0.717) is 23.6 Å². The molecule has 4 N–H and O–H groups in total. The normalized spacial score (nSPS) is 22.3. The van der Waals surface area contributed by atoms with Crippen molar-refractivity contribution in [1.82, 2.24) is 5.32 Å². The van der Waals surface area contributed by atoms with Crippen molar-refractivity contribution in [3.05, 3.63) is 23.8 Å². The van der Waals surface area contributed by atoms with Gasteiger partial charge in [0.1, 0.15) is 5.75 Å². The summed E-state index contributed by atoms with van der Waals surface area (Å²) in [6, 6.07) is 4.83. The second kappa shape index (κ2) is 6.61. The van der Waals surface area contributed by atoms with Crippen LogP contribution in [0.15, 0.2) is 18.2 Å². The van der Waals surface area contributed by atoms with Crippen molar-refractivity contribution < 1.29 is 14.6 Å². The van der Waals surface area contributed by atoms with Gasteiger partial charge >= 0.3 is 0 Å². The first-order chi connectivity index (χ1) is 9.61. The summed E-state index contributed by atoms with van der Waals surface area (Å²) >= 11 is 0. The van der Waals surface area contributed by atoms with E-state index in [-0.39, 0.29) is 11.9 Å². The lowest BCUT2D eigenvalue weighted by Gasteiger charge is -2.28. The topological polar surface area (TPSA) is 84.6 Å². The van der Waals surface area contributed by atoms with Crippen LogP contribution in [0.1, 0.15) is 43.0 Å². The third kappa shape index (κ3) is 3.42. The lowest BCUT2D eigenvalue weighted by atomic mass is 9.92. The van der Waals surface area contributed by atoms with E-state index in [0.717, 1.165) is 25.7 Å². The number of amides is 1. The average Bonchev–Trinajstić information content (AvgIpc) is 2.43. The number of hydrogen-bond acceptors (Lipinski definition) is 4. The highest BCUT2D eigenvalue weighted by Gasteiger charge is 2.24. The molecule has 1 aliphatic carbocycles. The first-order valence-electron chi connectivity index (χ1n) is 7.13. The molecule has 1 amide bonds. The van der Waals surface area contributed by atoms with Crippen LogP contribution in [-0.2, 0) is 0 Å². The van der Waals surface area contributed by atoms with Crippen LogP contribution < -0.4 is 15.8 Å². The molecule has 2 atom stereocenters. The van der Waals surface area contributed by atoms with Gasteiger partial charge in [-0.1, -0.05) is 12.8 Å². The van der Waals surface area contributed by atoms with Crippen molar-refractivity contribution in [3.8, 4) is 5.75 Å². The van der Waals surface area contributed by atoms with Crippen LogP contribution in [-0.4, -0.2) is 29.8 Å². The summed E-state index contributed by atoms with van der Waals surface area (Å²) in [5, 5.41) is 12.8. The van der Waals surface area contributed by atoms with Gasteiger partial charge in [-0.2, -0.15) is 0 Å². The van der Waals surface area contributed by atoms with Crippen LogP contribution in [0.4, 0.5) is 5.69 Å². The van der Waals surface area contributed by atoms with E-state index in [4.69, 9.17) is 10.5 Å². The Morgan fingerprint density at radius 3 is 2.85 bits per heavy atom. The molecule has 1 saturated carbocycles. The summed E-state index contributed by atoms with van der Waals surface area (Å²) in [4.78, 5) is 12.2. The van der Waals surface area contributed by atoms with Crippen molar-refractivity contribution >= 4 is 11.6 Å². The largest absolute Gasteiger partial charge is 0.492 e. The zero-order valence-electron chi connectivity index (χ0n) is 11.8. The van der Waals surface area contributed by atoms with Gasteiger partial charge in [-0.3, -0.25) is 4.79 Å². The number of hydrogen-bond donors (Lipinski definition) is 3. The molecule has 0 aromatic heterocycles. The molecule has 1 aromatic carbocycles. The zero-order chi connectivity index (χ0) is 14.5. The predicted octanol–water partition coefficient (Wildman–Crippen LogP) is 1.70. The van der Waals surface area contributed by atoms with E-state index in [2.05, 4.69) is 5.32 Å². The maximum absolute atomic E-state index is 12.2. The second-order valence-electron chi connectivity index (χ2n) is 5.12. The lowest BCUT2D eigenvalue weighted by molar-refractivity contribution is 0.0717. The van der Waals surface area contributed by atoms with Crippen molar-refractivity contribution in [2.75, 3.05) is 12.3 Å². The monoisotopic (exact) mass is 278 g/mol. The van der Waals surface area contributed by atoms with Gasteiger partial charge in [0.2, 0.25) is 0 Å². The van der Waals surface area contributed by atoms with E-state index in [1.54, 1.807) is 18.2 Å². The summed E-state index contributed by atoms with van der Waals surface area (Å²) in [6.45, 7) is 2.41. The van der Waals surface area contributed by atoms with E-state index < -0.39 is 6.10 Å². The molecule has 0 saturated heterocycles. The maximum Gasteiger partial charge on any atom is 0.251 e. The minimum Gasteiger partial charge on any atom is -0.492 e. The molecule has 20 heavy (non-hydrogen) atoms. The molecule has 1 fully saturated rings. The molecule has 0 bridgehead atoms. The fraction of sp³-hybridized carbons (Fsp3) is 0.533. The number of carbonyl (C=O) groups is 1. The molecule has 110 valence electrons. The molecule has 5 heteroatoms.